The largest absolute Gasteiger partial charge is 0.341 e. The minimum Gasteiger partial charge on any atom is -0.341 e. The van der Waals surface area contributed by atoms with Gasteiger partial charge in [-0.15, -0.1) is 11.3 Å². The average Bonchev–Trinajstić information content (AvgIpc) is 3.55. The molecule has 0 bridgehead atoms. The second-order valence-corrected chi connectivity index (χ2v) is 10.5. The van der Waals surface area contributed by atoms with Gasteiger partial charge in [-0.1, -0.05) is 0 Å². The molecule has 1 amide bonds. The fourth-order valence-corrected chi connectivity index (χ4v) is 6.49. The molecule has 0 unspecified atom stereocenters. The van der Waals surface area contributed by atoms with Crippen molar-refractivity contribution in [2.75, 3.05) is 32.5 Å². The number of aliphatic imine (C=N–C) groups is 1. The number of pyridine rings is 1. The van der Waals surface area contributed by atoms with E-state index in [1.54, 1.807) is 17.7 Å². The Morgan fingerprint density at radius 3 is 3.00 bits per heavy atom. The van der Waals surface area contributed by atoms with Crippen molar-refractivity contribution in [2.24, 2.45) is 10.9 Å². The first-order chi connectivity index (χ1) is 16.1. The van der Waals surface area contributed by atoms with Gasteiger partial charge in [0.05, 0.1) is 11.9 Å². The van der Waals surface area contributed by atoms with Crippen molar-refractivity contribution in [1.82, 2.24) is 24.8 Å². The van der Waals surface area contributed by atoms with Crippen molar-refractivity contribution in [3.8, 4) is 0 Å². The van der Waals surface area contributed by atoms with Crippen LogP contribution in [0, 0.1) is 5.92 Å². The number of likely N-dealkylation sites (tertiary alicyclic amines) is 1. The maximum atomic E-state index is 13.2. The highest BCUT2D eigenvalue weighted by atomic mass is 32.1. The van der Waals surface area contributed by atoms with Gasteiger partial charge in [0.2, 0.25) is 5.91 Å². The highest BCUT2D eigenvalue weighted by molar-refractivity contribution is 7.19. The molecule has 8 nitrogen and oxygen atoms in total. The maximum absolute atomic E-state index is 13.2. The number of hydrogen-bond donors (Lipinski definition) is 1. The molecule has 3 aromatic rings. The number of carbonyl (C=O) groups excluding carboxylic acids is 1. The predicted octanol–water partition coefficient (Wildman–Crippen LogP) is 3.03. The SMILES string of the molecule is CN(C)[C@@H]1CCN(C(=O)[C@H]2CCc3c(sc4ncnc(Nc5cc6c(cn5)CN=C6)c34)C2)C1. The second-order valence-electron chi connectivity index (χ2n) is 9.40. The number of nitrogens with one attached hydrogen (secondary N) is 1. The molecular formula is C24H27N7OS. The molecule has 1 N–H and O–H groups in total. The Kier molecular flexibility index (Phi) is 5.10. The van der Waals surface area contributed by atoms with Gasteiger partial charge in [0.25, 0.3) is 0 Å². The number of carbonyl (C=O) groups is 1. The van der Waals surface area contributed by atoms with E-state index in [0.29, 0.717) is 18.5 Å². The first-order valence-electron chi connectivity index (χ1n) is 11.5. The van der Waals surface area contributed by atoms with E-state index in [9.17, 15) is 4.79 Å². The van der Waals surface area contributed by atoms with Crippen LogP contribution in [0.1, 0.15) is 34.4 Å². The molecule has 33 heavy (non-hydrogen) atoms. The van der Waals surface area contributed by atoms with Crippen molar-refractivity contribution < 1.29 is 4.79 Å². The molecule has 0 spiro atoms. The number of aryl methyl sites for hydroxylation is 1. The van der Waals surface area contributed by atoms with Gasteiger partial charge in [-0.3, -0.25) is 9.79 Å². The van der Waals surface area contributed by atoms with E-state index in [4.69, 9.17) is 0 Å². The number of hydrogen-bond acceptors (Lipinski definition) is 8. The Morgan fingerprint density at radius 1 is 1.24 bits per heavy atom. The molecule has 3 aromatic heterocycles. The highest BCUT2D eigenvalue weighted by Gasteiger charge is 2.35. The van der Waals surface area contributed by atoms with Crippen molar-refractivity contribution in [2.45, 2.75) is 38.3 Å². The number of rotatable bonds is 4. The van der Waals surface area contributed by atoms with Gasteiger partial charge in [0.1, 0.15) is 22.8 Å². The van der Waals surface area contributed by atoms with E-state index >= 15 is 0 Å². The lowest BCUT2D eigenvalue weighted by Gasteiger charge is -2.27. The zero-order chi connectivity index (χ0) is 22.5. The minimum absolute atomic E-state index is 0.0634. The lowest BCUT2D eigenvalue weighted by molar-refractivity contribution is -0.134. The third kappa shape index (κ3) is 3.69. The van der Waals surface area contributed by atoms with E-state index in [2.05, 4.69) is 49.2 Å². The van der Waals surface area contributed by atoms with Crippen LogP contribution in [0.3, 0.4) is 0 Å². The molecule has 2 aliphatic heterocycles. The molecule has 2 atom stereocenters. The second kappa shape index (κ2) is 8.14. The van der Waals surface area contributed by atoms with Crippen LogP contribution < -0.4 is 5.32 Å². The van der Waals surface area contributed by atoms with Gasteiger partial charge >= 0.3 is 0 Å². The summed E-state index contributed by atoms with van der Waals surface area (Å²) in [6, 6.07) is 2.49. The zero-order valence-corrected chi connectivity index (χ0v) is 19.7. The Labute approximate surface area is 196 Å². The lowest BCUT2D eigenvalue weighted by Crippen LogP contribution is -2.39. The van der Waals surface area contributed by atoms with Crippen LogP contribution in [0.4, 0.5) is 11.6 Å². The summed E-state index contributed by atoms with van der Waals surface area (Å²) < 4.78 is 0. The standard InChI is InChI=1S/C24H27N7OS/c1-30(2)17-5-6-31(12-17)24(32)14-3-4-18-19(7-14)33-23-21(18)22(27-13-28-23)29-20-8-15-9-25-10-16(15)11-26-20/h8-9,11,13-14,17H,3-7,10,12H2,1-2H3,(H,26,27,28,29)/t14-,17+/m0/s1. The summed E-state index contributed by atoms with van der Waals surface area (Å²) in [5.41, 5.74) is 3.54. The Morgan fingerprint density at radius 2 is 2.15 bits per heavy atom. The van der Waals surface area contributed by atoms with E-state index < -0.39 is 0 Å². The van der Waals surface area contributed by atoms with Crippen LogP contribution >= 0.6 is 11.3 Å². The number of amides is 1. The van der Waals surface area contributed by atoms with Crippen LogP contribution in [0.25, 0.3) is 10.2 Å². The Bertz CT molecular complexity index is 1270. The van der Waals surface area contributed by atoms with Crippen LogP contribution in [0.15, 0.2) is 23.6 Å². The average molecular weight is 462 g/mol. The third-order valence-corrected chi connectivity index (χ3v) is 8.32. The van der Waals surface area contributed by atoms with E-state index in [-0.39, 0.29) is 5.92 Å². The molecule has 1 aliphatic carbocycles. The number of fused-ring (bicyclic) bond motifs is 4. The van der Waals surface area contributed by atoms with Gasteiger partial charge < -0.3 is 15.1 Å². The number of aromatic nitrogens is 3. The molecular weight excluding hydrogens is 434 g/mol. The normalized spacial score (nSPS) is 21.6. The summed E-state index contributed by atoms with van der Waals surface area (Å²) in [5, 5.41) is 4.49. The molecule has 0 radical (unpaired) electrons. The monoisotopic (exact) mass is 461 g/mol. The number of thiophene rings is 1. The summed E-state index contributed by atoms with van der Waals surface area (Å²) in [5.74, 6) is 1.93. The Balaban J connectivity index is 1.25. The number of nitrogens with zero attached hydrogens (tertiary/aromatic N) is 6. The smallest absolute Gasteiger partial charge is 0.226 e. The summed E-state index contributed by atoms with van der Waals surface area (Å²) in [7, 11) is 4.20. The van der Waals surface area contributed by atoms with Crippen molar-refractivity contribution in [3.05, 3.63) is 40.2 Å². The summed E-state index contributed by atoms with van der Waals surface area (Å²) in [6.45, 7) is 2.42. The van der Waals surface area contributed by atoms with E-state index in [0.717, 1.165) is 71.8 Å². The summed E-state index contributed by atoms with van der Waals surface area (Å²) >= 11 is 1.70. The quantitative estimate of drug-likeness (QED) is 0.643. The topological polar surface area (TPSA) is 86.6 Å². The van der Waals surface area contributed by atoms with Crippen molar-refractivity contribution in [3.63, 3.8) is 0 Å². The van der Waals surface area contributed by atoms with Gasteiger partial charge in [-0.2, -0.15) is 0 Å². The van der Waals surface area contributed by atoms with Crippen LogP contribution in [0.2, 0.25) is 0 Å². The minimum atomic E-state index is 0.0634. The van der Waals surface area contributed by atoms with Gasteiger partial charge in [0.15, 0.2) is 0 Å². The van der Waals surface area contributed by atoms with Gasteiger partial charge in [0, 0.05) is 53.5 Å². The van der Waals surface area contributed by atoms with Gasteiger partial charge in [-0.25, -0.2) is 15.0 Å². The predicted molar refractivity (Wildman–Crippen MR) is 130 cm³/mol. The van der Waals surface area contributed by atoms with E-state index in [1.807, 2.05) is 18.5 Å². The fraction of sp³-hybridized carbons (Fsp3) is 0.458. The molecule has 3 aliphatic rings. The zero-order valence-electron chi connectivity index (χ0n) is 18.9. The molecule has 1 saturated heterocycles. The third-order valence-electron chi connectivity index (χ3n) is 7.16. The first kappa shape index (κ1) is 20.7. The molecule has 5 heterocycles. The van der Waals surface area contributed by atoms with Crippen molar-refractivity contribution in [1.29, 1.82) is 0 Å². The van der Waals surface area contributed by atoms with Crippen LogP contribution in [0.5, 0.6) is 0 Å². The Hall–Kier alpha value is -2.91. The molecule has 0 aromatic carbocycles. The first-order valence-corrected chi connectivity index (χ1v) is 12.3. The van der Waals surface area contributed by atoms with Crippen LogP contribution in [-0.4, -0.2) is 70.1 Å². The number of anilines is 2. The van der Waals surface area contributed by atoms with Gasteiger partial charge in [-0.05, 0) is 51.4 Å². The van der Waals surface area contributed by atoms with Crippen molar-refractivity contribution >= 4 is 45.3 Å². The summed E-state index contributed by atoms with van der Waals surface area (Å²) in [4.78, 5) is 37.8. The summed E-state index contributed by atoms with van der Waals surface area (Å²) in [6.07, 6.45) is 8.99. The molecule has 170 valence electrons. The molecule has 9 heteroatoms. The fourth-order valence-electron chi connectivity index (χ4n) is 5.22. The molecule has 0 saturated carbocycles. The molecule has 6 rings (SSSR count). The number of likely N-dealkylation sites (N-methyl/N-ethyl adjacent to an activating group) is 1. The highest BCUT2D eigenvalue weighted by Crippen LogP contribution is 2.41. The van der Waals surface area contributed by atoms with Crippen LogP contribution in [-0.2, 0) is 24.2 Å². The van der Waals surface area contributed by atoms with E-state index in [1.165, 1.54) is 10.4 Å². The lowest BCUT2D eigenvalue weighted by atomic mass is 9.87. The molecule has 1 fully saturated rings. The maximum Gasteiger partial charge on any atom is 0.226 e.